The lowest BCUT2D eigenvalue weighted by Gasteiger charge is -2.12. The van der Waals surface area contributed by atoms with Gasteiger partial charge in [-0.05, 0) is 51.7 Å². The molecule has 0 unspecified atom stereocenters. The molecule has 0 bridgehead atoms. The van der Waals surface area contributed by atoms with Crippen LogP contribution in [0.4, 0.5) is 15.8 Å². The Morgan fingerprint density at radius 2 is 1.81 bits per heavy atom. The van der Waals surface area contributed by atoms with Crippen LogP contribution >= 0.6 is 28.1 Å². The maximum absolute atomic E-state index is 14.3. The van der Waals surface area contributed by atoms with E-state index in [4.69, 9.17) is 18.0 Å². The Hall–Kier alpha value is -1.46. The maximum atomic E-state index is 14.3. The Morgan fingerprint density at radius 1 is 1.19 bits per heavy atom. The maximum Gasteiger partial charge on any atom is 0.161 e. The van der Waals surface area contributed by atoms with Crippen LogP contribution in [0.3, 0.4) is 0 Å². The molecule has 0 saturated carbocycles. The molecular formula is C16H16BrFN2S. The Morgan fingerprint density at radius 3 is 2.33 bits per heavy atom. The smallest absolute Gasteiger partial charge is 0.161 e. The highest BCUT2D eigenvalue weighted by Crippen LogP contribution is 2.29. The minimum absolute atomic E-state index is 0.161. The van der Waals surface area contributed by atoms with Crippen molar-refractivity contribution in [1.82, 2.24) is 0 Å². The highest BCUT2D eigenvalue weighted by atomic mass is 79.9. The van der Waals surface area contributed by atoms with Crippen LogP contribution in [0.15, 0.2) is 40.9 Å². The zero-order chi connectivity index (χ0) is 15.6. The molecule has 0 aliphatic rings. The Labute approximate surface area is 137 Å². The summed E-state index contributed by atoms with van der Waals surface area (Å²) >= 11 is 8.07. The molecule has 0 heterocycles. The normalized spacial score (nSPS) is 10.7. The number of nitrogens with two attached hydrogens (primary N) is 1. The van der Waals surface area contributed by atoms with Crippen LogP contribution < -0.4 is 11.1 Å². The monoisotopic (exact) mass is 366 g/mol. The van der Waals surface area contributed by atoms with Gasteiger partial charge in [0.2, 0.25) is 0 Å². The molecule has 0 radical (unpaired) electrons. The van der Waals surface area contributed by atoms with E-state index >= 15 is 0 Å². The molecule has 2 rings (SSSR count). The first-order valence-corrected chi connectivity index (χ1v) is 7.75. The predicted octanol–water partition coefficient (Wildman–Crippen LogP) is 5.09. The van der Waals surface area contributed by atoms with Crippen LogP contribution in [0, 0.1) is 5.82 Å². The Balaban J connectivity index is 2.27. The first kappa shape index (κ1) is 15.9. The van der Waals surface area contributed by atoms with Crippen LogP contribution in [0.25, 0.3) is 0 Å². The number of thiocarbonyl (C=S) groups is 1. The summed E-state index contributed by atoms with van der Waals surface area (Å²) in [5.41, 5.74) is 8.48. The van der Waals surface area contributed by atoms with Crippen LogP contribution in [0.1, 0.15) is 30.9 Å². The van der Waals surface area contributed by atoms with E-state index in [0.29, 0.717) is 17.2 Å². The largest absolute Gasteiger partial charge is 0.389 e. The zero-order valence-electron chi connectivity index (χ0n) is 11.8. The van der Waals surface area contributed by atoms with E-state index in [1.165, 1.54) is 5.56 Å². The SMILES string of the molecule is CC(C)c1ccc(Nc2ccc(C(N)=S)c(Br)c2F)cc1. The number of rotatable bonds is 4. The second kappa shape index (κ2) is 6.54. The topological polar surface area (TPSA) is 38.0 Å². The van der Waals surface area contributed by atoms with E-state index in [-0.39, 0.29) is 9.46 Å². The Bertz CT molecular complexity index is 669. The first-order valence-electron chi connectivity index (χ1n) is 6.55. The molecule has 0 fully saturated rings. The van der Waals surface area contributed by atoms with Crippen LogP contribution in [-0.4, -0.2) is 4.99 Å². The summed E-state index contributed by atoms with van der Waals surface area (Å²) in [6.45, 7) is 4.27. The standard InChI is InChI=1S/C16H16BrFN2S/c1-9(2)10-3-5-11(6-4-10)20-13-8-7-12(16(19)21)14(17)15(13)18/h3-9,20H,1-2H3,(H2,19,21). The molecule has 0 aliphatic carbocycles. The molecule has 21 heavy (non-hydrogen) atoms. The number of anilines is 2. The number of halogens is 2. The van der Waals surface area contributed by atoms with Gasteiger partial charge in [-0.2, -0.15) is 0 Å². The minimum Gasteiger partial charge on any atom is -0.389 e. The zero-order valence-corrected chi connectivity index (χ0v) is 14.2. The average molecular weight is 367 g/mol. The summed E-state index contributed by atoms with van der Waals surface area (Å²) in [5, 5.41) is 3.06. The lowest BCUT2D eigenvalue weighted by atomic mass is 10.0. The van der Waals surface area contributed by atoms with E-state index < -0.39 is 5.82 Å². The summed E-state index contributed by atoms with van der Waals surface area (Å²) in [6, 6.07) is 11.3. The number of hydrogen-bond donors (Lipinski definition) is 2. The van der Waals surface area contributed by atoms with Gasteiger partial charge in [0.05, 0.1) is 10.2 Å². The summed E-state index contributed by atoms with van der Waals surface area (Å²) in [7, 11) is 0. The number of hydrogen-bond acceptors (Lipinski definition) is 2. The van der Waals surface area contributed by atoms with Gasteiger partial charge in [0.1, 0.15) is 4.99 Å². The van der Waals surface area contributed by atoms with E-state index in [0.717, 1.165) is 5.69 Å². The van der Waals surface area contributed by atoms with Gasteiger partial charge in [0.15, 0.2) is 5.82 Å². The third-order valence-electron chi connectivity index (χ3n) is 3.20. The summed E-state index contributed by atoms with van der Waals surface area (Å²) in [6.07, 6.45) is 0. The van der Waals surface area contributed by atoms with Gasteiger partial charge in [-0.25, -0.2) is 4.39 Å². The molecule has 2 aromatic carbocycles. The van der Waals surface area contributed by atoms with Crippen molar-refractivity contribution in [3.05, 3.63) is 57.8 Å². The molecule has 3 N–H and O–H groups in total. The minimum atomic E-state index is -0.409. The molecule has 0 aliphatic heterocycles. The van der Waals surface area contributed by atoms with Gasteiger partial charge >= 0.3 is 0 Å². The van der Waals surface area contributed by atoms with Gasteiger partial charge in [-0.3, -0.25) is 0 Å². The molecule has 0 spiro atoms. The van der Waals surface area contributed by atoms with E-state index in [1.54, 1.807) is 12.1 Å². The quantitative estimate of drug-likeness (QED) is 0.740. The summed E-state index contributed by atoms with van der Waals surface area (Å²) < 4.78 is 14.6. The van der Waals surface area contributed by atoms with Crippen molar-refractivity contribution < 1.29 is 4.39 Å². The van der Waals surface area contributed by atoms with Crippen LogP contribution in [-0.2, 0) is 0 Å². The van der Waals surface area contributed by atoms with Crippen molar-refractivity contribution in [2.45, 2.75) is 19.8 Å². The molecule has 2 nitrogen and oxygen atoms in total. The fourth-order valence-electron chi connectivity index (χ4n) is 1.94. The highest BCUT2D eigenvalue weighted by molar-refractivity contribution is 9.10. The fraction of sp³-hybridized carbons (Fsp3) is 0.188. The van der Waals surface area contributed by atoms with Gasteiger partial charge in [-0.15, -0.1) is 0 Å². The molecule has 2 aromatic rings. The van der Waals surface area contributed by atoms with Crippen molar-refractivity contribution in [2.75, 3.05) is 5.32 Å². The lowest BCUT2D eigenvalue weighted by Crippen LogP contribution is -2.11. The van der Waals surface area contributed by atoms with Gasteiger partial charge in [0, 0.05) is 11.3 Å². The highest BCUT2D eigenvalue weighted by Gasteiger charge is 2.13. The fourth-order valence-corrected chi connectivity index (χ4v) is 2.80. The van der Waals surface area contributed by atoms with Crippen molar-refractivity contribution in [3.63, 3.8) is 0 Å². The molecule has 0 saturated heterocycles. The van der Waals surface area contributed by atoms with Crippen LogP contribution in [0.5, 0.6) is 0 Å². The average Bonchev–Trinajstić information content (AvgIpc) is 2.44. The first-order chi connectivity index (χ1) is 9.90. The Kier molecular flexibility index (Phi) is 4.96. The molecule has 0 aromatic heterocycles. The third kappa shape index (κ3) is 3.60. The van der Waals surface area contributed by atoms with Crippen molar-refractivity contribution >= 4 is 44.5 Å². The third-order valence-corrected chi connectivity index (χ3v) is 4.20. The molecular weight excluding hydrogens is 351 g/mol. The molecule has 110 valence electrons. The molecule has 0 atom stereocenters. The van der Waals surface area contributed by atoms with Gasteiger partial charge in [-0.1, -0.05) is 38.2 Å². The van der Waals surface area contributed by atoms with Crippen molar-refractivity contribution in [2.24, 2.45) is 5.73 Å². The van der Waals surface area contributed by atoms with E-state index in [1.807, 2.05) is 24.3 Å². The lowest BCUT2D eigenvalue weighted by molar-refractivity contribution is 0.625. The molecule has 5 heteroatoms. The number of benzene rings is 2. The second-order valence-electron chi connectivity index (χ2n) is 5.05. The number of nitrogens with one attached hydrogen (secondary N) is 1. The van der Waals surface area contributed by atoms with Gasteiger partial charge < -0.3 is 11.1 Å². The van der Waals surface area contributed by atoms with Crippen LogP contribution in [0.2, 0.25) is 0 Å². The predicted molar refractivity (Wildman–Crippen MR) is 93.8 cm³/mol. The van der Waals surface area contributed by atoms with E-state index in [2.05, 4.69) is 35.1 Å². The van der Waals surface area contributed by atoms with Crippen molar-refractivity contribution in [1.29, 1.82) is 0 Å². The summed E-state index contributed by atoms with van der Waals surface area (Å²) in [5.74, 6) is 0.0583. The van der Waals surface area contributed by atoms with Crippen molar-refractivity contribution in [3.8, 4) is 0 Å². The summed E-state index contributed by atoms with van der Waals surface area (Å²) in [4.78, 5) is 0.161. The van der Waals surface area contributed by atoms with E-state index in [9.17, 15) is 4.39 Å². The molecule has 0 amide bonds. The van der Waals surface area contributed by atoms with Gasteiger partial charge in [0.25, 0.3) is 0 Å². The second-order valence-corrected chi connectivity index (χ2v) is 6.29.